The van der Waals surface area contributed by atoms with Gasteiger partial charge in [-0.15, -0.1) is 0 Å². The fraction of sp³-hybridized carbons (Fsp3) is 0.455. The number of aryl methyl sites for hydroxylation is 2. The molecule has 0 spiro atoms. The molecule has 0 amide bonds. The zero-order chi connectivity index (χ0) is 10.1. The number of hydrogen-bond donors (Lipinski definition) is 3. The van der Waals surface area contributed by atoms with Crippen LogP contribution in [0.1, 0.15) is 22.8 Å². The fourth-order valence-electron chi connectivity index (χ4n) is 1.72. The molecule has 1 aromatic rings. The van der Waals surface area contributed by atoms with Crippen molar-refractivity contribution in [1.82, 2.24) is 0 Å². The molecule has 0 saturated heterocycles. The minimum atomic E-state index is -1.09. The number of rotatable bonds is 3. The molecule has 0 bridgehead atoms. The smallest absolute Gasteiger partial charge is 0.107 e. The van der Waals surface area contributed by atoms with Gasteiger partial charge in [-0.05, 0) is 29.5 Å². The second kappa shape index (κ2) is 3.69. The molecule has 1 aliphatic carbocycles. The summed E-state index contributed by atoms with van der Waals surface area (Å²) in [6.45, 7) is -0.418. The van der Waals surface area contributed by atoms with Gasteiger partial charge in [0.15, 0.2) is 0 Å². The van der Waals surface area contributed by atoms with Crippen LogP contribution in [0.15, 0.2) is 18.2 Å². The average molecular weight is 194 g/mol. The lowest BCUT2D eigenvalue weighted by Crippen LogP contribution is -2.22. The van der Waals surface area contributed by atoms with Gasteiger partial charge in [-0.2, -0.15) is 0 Å². The summed E-state index contributed by atoms with van der Waals surface area (Å²) >= 11 is 0. The molecule has 76 valence electrons. The Balaban J connectivity index is 2.19. The first-order valence-corrected chi connectivity index (χ1v) is 4.81. The highest BCUT2D eigenvalue weighted by atomic mass is 16.4. The standard InChI is InChI=1S/C11H14O3/c12-6-10(13)11(14)9-4-2-7-1-3-8(7)5-9/h2,4-5,10-14H,1,3,6H2. The van der Waals surface area contributed by atoms with Gasteiger partial charge in [-0.1, -0.05) is 18.2 Å². The highest BCUT2D eigenvalue weighted by Crippen LogP contribution is 2.27. The van der Waals surface area contributed by atoms with E-state index < -0.39 is 18.8 Å². The maximum absolute atomic E-state index is 9.62. The van der Waals surface area contributed by atoms with Gasteiger partial charge in [-0.25, -0.2) is 0 Å². The monoisotopic (exact) mass is 194 g/mol. The molecule has 3 nitrogen and oxygen atoms in total. The Bertz CT molecular complexity index is 335. The number of benzene rings is 1. The van der Waals surface area contributed by atoms with Crippen molar-refractivity contribution in [3.63, 3.8) is 0 Å². The van der Waals surface area contributed by atoms with Crippen LogP contribution in [0.3, 0.4) is 0 Å². The normalized spacial score (nSPS) is 18.2. The van der Waals surface area contributed by atoms with E-state index in [0.29, 0.717) is 5.56 Å². The zero-order valence-electron chi connectivity index (χ0n) is 7.85. The number of aliphatic hydroxyl groups is 3. The van der Waals surface area contributed by atoms with Crippen LogP contribution in [0.4, 0.5) is 0 Å². The predicted octanol–water partition coefficient (Wildman–Crippen LogP) is 0.172. The zero-order valence-corrected chi connectivity index (χ0v) is 7.85. The maximum atomic E-state index is 9.62. The lowest BCUT2D eigenvalue weighted by molar-refractivity contribution is -0.0153. The summed E-state index contributed by atoms with van der Waals surface area (Å²) in [6.07, 6.45) is 0.0818. The van der Waals surface area contributed by atoms with Crippen LogP contribution in [-0.2, 0) is 12.8 Å². The third-order valence-corrected chi connectivity index (χ3v) is 2.79. The molecule has 3 N–H and O–H groups in total. The van der Waals surface area contributed by atoms with E-state index in [4.69, 9.17) is 5.11 Å². The molecule has 0 heterocycles. The van der Waals surface area contributed by atoms with Crippen LogP contribution in [0.25, 0.3) is 0 Å². The van der Waals surface area contributed by atoms with Gasteiger partial charge < -0.3 is 15.3 Å². The van der Waals surface area contributed by atoms with Crippen LogP contribution >= 0.6 is 0 Å². The number of aliphatic hydroxyl groups excluding tert-OH is 3. The molecule has 0 aromatic heterocycles. The summed E-state index contributed by atoms with van der Waals surface area (Å²) in [5, 5.41) is 27.6. The van der Waals surface area contributed by atoms with Crippen molar-refractivity contribution in [2.45, 2.75) is 25.0 Å². The van der Waals surface area contributed by atoms with E-state index in [1.54, 1.807) is 0 Å². The highest BCUT2D eigenvalue weighted by Gasteiger charge is 2.20. The quantitative estimate of drug-likeness (QED) is 0.643. The fourth-order valence-corrected chi connectivity index (χ4v) is 1.72. The van der Waals surface area contributed by atoms with Crippen molar-refractivity contribution in [3.05, 3.63) is 34.9 Å². The third kappa shape index (κ3) is 1.54. The minimum Gasteiger partial charge on any atom is -0.394 e. The van der Waals surface area contributed by atoms with Gasteiger partial charge in [0.05, 0.1) is 6.61 Å². The SMILES string of the molecule is OCC(O)C(O)c1ccc2c(c1)CC2. The van der Waals surface area contributed by atoms with E-state index in [2.05, 4.69) is 0 Å². The predicted molar refractivity (Wildman–Crippen MR) is 51.9 cm³/mol. The molecule has 0 radical (unpaired) electrons. The summed E-state index contributed by atoms with van der Waals surface area (Å²) in [4.78, 5) is 0. The number of hydrogen-bond acceptors (Lipinski definition) is 3. The Kier molecular flexibility index (Phi) is 2.54. The van der Waals surface area contributed by atoms with Crippen molar-refractivity contribution < 1.29 is 15.3 Å². The van der Waals surface area contributed by atoms with Crippen LogP contribution in [0.2, 0.25) is 0 Å². The molecule has 2 rings (SSSR count). The summed E-state index contributed by atoms with van der Waals surface area (Å²) in [5.74, 6) is 0. The topological polar surface area (TPSA) is 60.7 Å². The van der Waals surface area contributed by atoms with Crippen LogP contribution < -0.4 is 0 Å². The van der Waals surface area contributed by atoms with Gasteiger partial charge in [-0.3, -0.25) is 0 Å². The minimum absolute atomic E-state index is 0.418. The van der Waals surface area contributed by atoms with Gasteiger partial charge in [0.1, 0.15) is 12.2 Å². The van der Waals surface area contributed by atoms with E-state index in [-0.39, 0.29) is 0 Å². The average Bonchev–Trinajstić information content (AvgIpc) is 2.18. The first-order chi connectivity index (χ1) is 6.72. The highest BCUT2D eigenvalue weighted by molar-refractivity contribution is 5.39. The van der Waals surface area contributed by atoms with E-state index in [0.717, 1.165) is 12.8 Å². The molecular weight excluding hydrogens is 180 g/mol. The third-order valence-electron chi connectivity index (χ3n) is 2.79. The Morgan fingerprint density at radius 2 is 1.86 bits per heavy atom. The first-order valence-electron chi connectivity index (χ1n) is 4.81. The van der Waals surface area contributed by atoms with Gasteiger partial charge in [0.2, 0.25) is 0 Å². The van der Waals surface area contributed by atoms with Crippen molar-refractivity contribution in [2.75, 3.05) is 6.61 Å². The summed E-state index contributed by atoms with van der Waals surface area (Å²) < 4.78 is 0. The van der Waals surface area contributed by atoms with E-state index >= 15 is 0 Å². The molecule has 1 aromatic carbocycles. The van der Waals surface area contributed by atoms with Crippen molar-refractivity contribution in [3.8, 4) is 0 Å². The van der Waals surface area contributed by atoms with E-state index in [1.807, 2.05) is 18.2 Å². The second-order valence-corrected chi connectivity index (χ2v) is 3.72. The van der Waals surface area contributed by atoms with Crippen molar-refractivity contribution >= 4 is 0 Å². The molecule has 2 atom stereocenters. The summed E-state index contributed by atoms with van der Waals surface area (Å²) in [5.41, 5.74) is 3.25. The molecular formula is C11H14O3. The Morgan fingerprint density at radius 1 is 1.14 bits per heavy atom. The molecule has 0 aliphatic heterocycles. The van der Waals surface area contributed by atoms with Crippen molar-refractivity contribution in [1.29, 1.82) is 0 Å². The molecule has 0 saturated carbocycles. The van der Waals surface area contributed by atoms with Crippen LogP contribution in [0, 0.1) is 0 Å². The van der Waals surface area contributed by atoms with E-state index in [9.17, 15) is 10.2 Å². The summed E-state index contributed by atoms with van der Waals surface area (Å²) in [7, 11) is 0. The van der Waals surface area contributed by atoms with Crippen LogP contribution in [-0.4, -0.2) is 28.0 Å². The van der Waals surface area contributed by atoms with E-state index in [1.165, 1.54) is 11.1 Å². The molecule has 0 fully saturated rings. The number of fused-ring (bicyclic) bond motifs is 1. The molecule has 14 heavy (non-hydrogen) atoms. The molecule has 3 heteroatoms. The van der Waals surface area contributed by atoms with Gasteiger partial charge in [0.25, 0.3) is 0 Å². The van der Waals surface area contributed by atoms with Crippen LogP contribution in [0.5, 0.6) is 0 Å². The van der Waals surface area contributed by atoms with Gasteiger partial charge in [0, 0.05) is 0 Å². The van der Waals surface area contributed by atoms with Crippen molar-refractivity contribution in [2.24, 2.45) is 0 Å². The molecule has 1 aliphatic rings. The lowest BCUT2D eigenvalue weighted by Gasteiger charge is -2.22. The Hall–Kier alpha value is -0.900. The Labute approximate surface area is 82.6 Å². The maximum Gasteiger partial charge on any atom is 0.107 e. The summed E-state index contributed by atoms with van der Waals surface area (Å²) in [6, 6.07) is 5.69. The molecule has 2 unspecified atom stereocenters. The largest absolute Gasteiger partial charge is 0.394 e. The first kappa shape index (κ1) is 9.65. The second-order valence-electron chi connectivity index (χ2n) is 3.72. The van der Waals surface area contributed by atoms with Gasteiger partial charge >= 0.3 is 0 Å². The lowest BCUT2D eigenvalue weighted by atomic mass is 9.86. The Morgan fingerprint density at radius 3 is 2.36 bits per heavy atom.